The van der Waals surface area contributed by atoms with E-state index in [-0.39, 0.29) is 51.4 Å². The van der Waals surface area contributed by atoms with Gasteiger partial charge in [0.05, 0.1) is 6.26 Å². The van der Waals surface area contributed by atoms with Gasteiger partial charge >= 0.3 is 58.4 Å². The van der Waals surface area contributed by atoms with Crippen molar-refractivity contribution in [1.82, 2.24) is 5.16 Å². The molecule has 7 heteroatoms. The van der Waals surface area contributed by atoms with Crippen molar-refractivity contribution >= 4 is 12.4 Å². The smallest absolute Gasteiger partial charge is 0.445 e. The second kappa shape index (κ2) is 3.91. The van der Waals surface area contributed by atoms with E-state index < -0.39 is 12.4 Å². The number of aromatic nitrogens is 1. The molecule has 0 N–H and O–H groups in total. The van der Waals surface area contributed by atoms with Gasteiger partial charge in [-0.2, -0.15) is 0 Å². The van der Waals surface area contributed by atoms with E-state index in [1.807, 2.05) is 0 Å². The third-order valence-corrected chi connectivity index (χ3v) is 0.829. The summed E-state index contributed by atoms with van der Waals surface area (Å²) in [5.41, 5.74) is -0.796. The van der Waals surface area contributed by atoms with E-state index in [9.17, 15) is 12.9 Å². The van der Waals surface area contributed by atoms with E-state index in [1.165, 1.54) is 0 Å². The van der Waals surface area contributed by atoms with Crippen molar-refractivity contribution in [3.63, 3.8) is 0 Å². The maximum Gasteiger partial charge on any atom is 1.00 e. The molecule has 1 aromatic heterocycles. The van der Waals surface area contributed by atoms with Gasteiger partial charge in [0.15, 0.2) is 0 Å². The van der Waals surface area contributed by atoms with Gasteiger partial charge in [-0.1, -0.05) is 5.16 Å². The van der Waals surface area contributed by atoms with Gasteiger partial charge in [0.2, 0.25) is 0 Å². The molecule has 0 aliphatic rings. The van der Waals surface area contributed by atoms with Gasteiger partial charge < -0.3 is 17.5 Å². The summed E-state index contributed by atoms with van der Waals surface area (Å²) >= 11 is 0. The van der Waals surface area contributed by atoms with E-state index in [0.29, 0.717) is 12.5 Å². The topological polar surface area (TPSA) is 26.0 Å². The summed E-state index contributed by atoms with van der Waals surface area (Å²) in [6, 6.07) is 0. The number of nitrogens with zero attached hydrogens (tertiary/aromatic N) is 1. The molecule has 0 atom stereocenters. The quantitative estimate of drug-likeness (QED) is 0.450. The molecule has 0 saturated carbocycles. The Balaban J connectivity index is 0.000000810. The number of hydrogen-bond donors (Lipinski definition) is 0. The van der Waals surface area contributed by atoms with Crippen LogP contribution in [0.1, 0.15) is 0 Å². The summed E-state index contributed by atoms with van der Waals surface area (Å²) in [5.74, 6) is 0. The van der Waals surface area contributed by atoms with Crippen LogP contribution in [0.3, 0.4) is 0 Å². The van der Waals surface area contributed by atoms with Crippen LogP contribution in [0.15, 0.2) is 17.0 Å². The minimum atomic E-state index is -4.92. The first kappa shape index (κ1) is 10.7. The molecule has 0 unspecified atom stereocenters. The molecule has 1 aromatic rings. The molecule has 0 aliphatic heterocycles. The molecule has 10 heavy (non-hydrogen) atoms. The molecule has 0 fully saturated rings. The van der Waals surface area contributed by atoms with Crippen LogP contribution < -0.4 is 56.8 Å². The molecule has 0 saturated heterocycles. The van der Waals surface area contributed by atoms with Gasteiger partial charge in [0.1, 0.15) is 0 Å². The Morgan fingerprint density at radius 3 is 2.20 bits per heavy atom. The van der Waals surface area contributed by atoms with Gasteiger partial charge in [0, 0.05) is 6.20 Å². The minimum Gasteiger partial charge on any atom is -0.445 e. The van der Waals surface area contributed by atoms with Crippen molar-refractivity contribution in [3.05, 3.63) is 12.5 Å². The summed E-state index contributed by atoms with van der Waals surface area (Å²) in [4.78, 5) is 0. The molecule has 0 aromatic carbocycles. The van der Waals surface area contributed by atoms with E-state index in [4.69, 9.17) is 0 Å². The molecule has 50 valence electrons. The molecule has 2 nitrogen and oxygen atoms in total. The fraction of sp³-hybridized carbons (Fsp3) is 0. The van der Waals surface area contributed by atoms with Crippen molar-refractivity contribution < 1.29 is 68.9 Å². The van der Waals surface area contributed by atoms with Gasteiger partial charge in [-0.15, -0.1) is 0 Å². The molecular formula is C3H2BF3KNO. The Morgan fingerprint density at radius 1 is 1.40 bits per heavy atom. The van der Waals surface area contributed by atoms with Crippen molar-refractivity contribution in [2.24, 2.45) is 0 Å². The molecule has 0 amide bonds. The Morgan fingerprint density at radius 2 is 2.00 bits per heavy atom. The molecule has 0 spiro atoms. The van der Waals surface area contributed by atoms with Crippen LogP contribution in [0.25, 0.3) is 0 Å². The van der Waals surface area contributed by atoms with Crippen molar-refractivity contribution in [1.29, 1.82) is 0 Å². The average Bonchev–Trinajstić information content (AvgIpc) is 2.08. The zero-order valence-electron chi connectivity index (χ0n) is 5.22. The van der Waals surface area contributed by atoms with Gasteiger partial charge in [0.25, 0.3) is 0 Å². The fourth-order valence-electron chi connectivity index (χ4n) is 0.375. The second-order valence-electron chi connectivity index (χ2n) is 1.53. The van der Waals surface area contributed by atoms with E-state index in [0.717, 1.165) is 0 Å². The van der Waals surface area contributed by atoms with E-state index in [1.54, 1.807) is 0 Å². The Labute approximate surface area is 97.6 Å². The second-order valence-corrected chi connectivity index (χ2v) is 1.53. The Kier molecular flexibility index (Phi) is 4.19. The standard InChI is InChI=1S/C3H2BF3NO.K/c5-4(6,7)3-1-8-9-2-3;/h1-2H;/q-1;+1. The van der Waals surface area contributed by atoms with Crippen LogP contribution in [0, 0.1) is 0 Å². The zero-order chi connectivity index (χ0) is 6.91. The molecule has 1 rings (SSSR count). The third-order valence-electron chi connectivity index (χ3n) is 0.829. The monoisotopic (exact) mass is 175 g/mol. The van der Waals surface area contributed by atoms with Gasteiger partial charge in [-0.3, -0.25) is 0 Å². The summed E-state index contributed by atoms with van der Waals surface area (Å²) in [5, 5.41) is 2.91. The molecular weight excluding hydrogens is 173 g/mol. The normalized spacial score (nSPS) is 10.7. The largest absolute Gasteiger partial charge is 1.00 e. The maximum absolute atomic E-state index is 11.6. The first-order chi connectivity index (χ1) is 4.11. The number of hydrogen-bond acceptors (Lipinski definition) is 2. The summed E-state index contributed by atoms with van der Waals surface area (Å²) in [6.07, 6.45) is 1.24. The van der Waals surface area contributed by atoms with Crippen LogP contribution in [0.5, 0.6) is 0 Å². The van der Waals surface area contributed by atoms with E-state index >= 15 is 0 Å². The predicted octanol–water partition coefficient (Wildman–Crippen LogP) is -2.27. The van der Waals surface area contributed by atoms with Crippen molar-refractivity contribution in [3.8, 4) is 0 Å². The first-order valence-corrected chi connectivity index (χ1v) is 2.20. The Hall–Kier alpha value is 0.701. The van der Waals surface area contributed by atoms with Crippen LogP contribution in [-0.4, -0.2) is 12.1 Å². The van der Waals surface area contributed by atoms with E-state index in [2.05, 4.69) is 9.68 Å². The summed E-state index contributed by atoms with van der Waals surface area (Å²) < 4.78 is 38.7. The van der Waals surface area contributed by atoms with Crippen LogP contribution >= 0.6 is 0 Å². The van der Waals surface area contributed by atoms with Crippen LogP contribution in [0.2, 0.25) is 0 Å². The maximum atomic E-state index is 11.6. The third kappa shape index (κ3) is 2.75. The fourth-order valence-corrected chi connectivity index (χ4v) is 0.375. The van der Waals surface area contributed by atoms with Crippen molar-refractivity contribution in [2.75, 3.05) is 0 Å². The average molecular weight is 175 g/mol. The molecule has 1 heterocycles. The molecule has 0 aliphatic carbocycles. The Bertz CT molecular complexity index is 186. The number of rotatable bonds is 1. The summed E-state index contributed by atoms with van der Waals surface area (Å²) in [6.45, 7) is -4.92. The van der Waals surface area contributed by atoms with Gasteiger partial charge in [-0.05, 0) is 5.46 Å². The van der Waals surface area contributed by atoms with Crippen molar-refractivity contribution in [2.45, 2.75) is 0 Å². The minimum absolute atomic E-state index is 0. The van der Waals surface area contributed by atoms with Gasteiger partial charge in [-0.25, -0.2) is 0 Å². The number of halogens is 3. The molecule has 0 bridgehead atoms. The first-order valence-electron chi connectivity index (χ1n) is 2.20. The predicted molar refractivity (Wildman–Crippen MR) is 25.2 cm³/mol. The van der Waals surface area contributed by atoms with Crippen LogP contribution in [0.4, 0.5) is 12.9 Å². The van der Waals surface area contributed by atoms with Crippen LogP contribution in [-0.2, 0) is 0 Å². The SMILES string of the molecule is F[B-](F)(F)c1cnoc1.[K+]. The summed E-state index contributed by atoms with van der Waals surface area (Å²) in [7, 11) is 0. The zero-order valence-corrected chi connectivity index (χ0v) is 8.34. The molecule has 0 radical (unpaired) electrons.